The Bertz CT molecular complexity index is 747. The molecule has 0 aromatic heterocycles. The van der Waals surface area contributed by atoms with Gasteiger partial charge in [0.2, 0.25) is 0 Å². The molecule has 0 N–H and O–H groups in total. The van der Waals surface area contributed by atoms with Crippen molar-refractivity contribution in [2.75, 3.05) is 25.7 Å². The minimum atomic E-state index is -3.63. The lowest BCUT2D eigenvalue weighted by molar-refractivity contribution is -0.0685. The largest absolute Gasteiger partial charge is 0.488 e. The maximum atomic E-state index is 12.7. The number of oxime groups is 1. The van der Waals surface area contributed by atoms with Gasteiger partial charge in [0.25, 0.3) is 0 Å². The fourth-order valence-electron chi connectivity index (χ4n) is 2.50. The predicted octanol–water partition coefficient (Wildman–Crippen LogP) is 2.08. The number of halogens is 1. The number of para-hydroxylation sites is 1. The van der Waals surface area contributed by atoms with E-state index >= 15 is 0 Å². The third kappa shape index (κ3) is 4.44. The molecule has 1 fully saturated rings. The highest BCUT2D eigenvalue weighted by Gasteiger charge is 2.39. The monoisotopic (exact) mass is 389 g/mol. The standard InChI is InChI=1S/C16H20ClNO6S/c1-16(11-17)8-14(18-24-16)25(19,20)10-12-4-2-3-5-13(12)23-9-15-21-6-7-22-15/h2-5,15H,6-11H2,1H3. The zero-order valence-electron chi connectivity index (χ0n) is 13.8. The Morgan fingerprint density at radius 1 is 1.32 bits per heavy atom. The van der Waals surface area contributed by atoms with Crippen molar-refractivity contribution < 1.29 is 27.5 Å². The summed E-state index contributed by atoms with van der Waals surface area (Å²) in [7, 11) is -3.63. The Kier molecular flexibility index (Phi) is 5.52. The first-order valence-corrected chi connectivity index (χ1v) is 10.1. The van der Waals surface area contributed by atoms with Gasteiger partial charge in [0, 0.05) is 12.0 Å². The molecule has 1 atom stereocenters. The molecule has 0 spiro atoms. The maximum absolute atomic E-state index is 12.7. The summed E-state index contributed by atoms with van der Waals surface area (Å²) in [4.78, 5) is 5.18. The molecular formula is C16H20ClNO6S. The van der Waals surface area contributed by atoms with Gasteiger partial charge in [0.05, 0.1) is 24.8 Å². The Labute approximate surface area is 151 Å². The van der Waals surface area contributed by atoms with Gasteiger partial charge in [0.15, 0.2) is 26.8 Å². The van der Waals surface area contributed by atoms with Crippen molar-refractivity contribution in [3.05, 3.63) is 29.8 Å². The summed E-state index contributed by atoms with van der Waals surface area (Å²) in [6.07, 6.45) is -0.271. The summed E-state index contributed by atoms with van der Waals surface area (Å²) in [5.41, 5.74) is -0.236. The highest BCUT2D eigenvalue weighted by Crippen LogP contribution is 2.29. The van der Waals surface area contributed by atoms with Gasteiger partial charge >= 0.3 is 0 Å². The van der Waals surface area contributed by atoms with E-state index < -0.39 is 21.7 Å². The molecule has 1 aromatic rings. The summed E-state index contributed by atoms with van der Waals surface area (Å²) in [6.45, 7) is 2.99. The summed E-state index contributed by atoms with van der Waals surface area (Å²) >= 11 is 5.82. The molecule has 2 aliphatic rings. The third-order valence-corrected chi connectivity index (χ3v) is 6.11. The second-order valence-corrected chi connectivity index (χ2v) is 8.44. The lowest BCUT2D eigenvalue weighted by Crippen LogP contribution is -2.28. The molecule has 0 aliphatic carbocycles. The van der Waals surface area contributed by atoms with E-state index in [0.29, 0.717) is 24.5 Å². The average molecular weight is 390 g/mol. The van der Waals surface area contributed by atoms with Crippen molar-refractivity contribution in [3.63, 3.8) is 0 Å². The van der Waals surface area contributed by atoms with Crippen LogP contribution in [-0.2, 0) is 29.9 Å². The predicted molar refractivity (Wildman–Crippen MR) is 92.5 cm³/mol. The highest BCUT2D eigenvalue weighted by molar-refractivity contribution is 8.05. The molecule has 1 saturated heterocycles. The van der Waals surface area contributed by atoms with E-state index in [9.17, 15) is 8.42 Å². The van der Waals surface area contributed by atoms with Crippen molar-refractivity contribution in [3.8, 4) is 5.75 Å². The zero-order chi connectivity index (χ0) is 17.9. The Morgan fingerprint density at radius 2 is 2.04 bits per heavy atom. The van der Waals surface area contributed by atoms with Crippen LogP contribution >= 0.6 is 11.6 Å². The van der Waals surface area contributed by atoms with Gasteiger partial charge < -0.3 is 19.0 Å². The lowest BCUT2D eigenvalue weighted by Gasteiger charge is -2.17. The Balaban J connectivity index is 1.69. The summed E-state index contributed by atoms with van der Waals surface area (Å²) in [5, 5.41) is 3.74. The smallest absolute Gasteiger partial charge is 0.199 e. The number of hydrogen-bond donors (Lipinski definition) is 0. The number of sulfone groups is 1. The first kappa shape index (κ1) is 18.4. The molecule has 3 rings (SSSR count). The first-order valence-electron chi connectivity index (χ1n) is 7.90. The number of benzene rings is 1. The van der Waals surface area contributed by atoms with Crippen LogP contribution in [-0.4, -0.2) is 51.1 Å². The maximum Gasteiger partial charge on any atom is 0.199 e. The normalized spacial score (nSPS) is 24.2. The molecular weight excluding hydrogens is 370 g/mol. The molecule has 1 aromatic carbocycles. The van der Waals surface area contributed by atoms with Crippen molar-refractivity contribution in [1.82, 2.24) is 0 Å². The molecule has 1 unspecified atom stereocenters. The lowest BCUT2D eigenvalue weighted by atomic mass is 10.1. The molecule has 0 amide bonds. The number of rotatable bonds is 6. The fourth-order valence-corrected chi connectivity index (χ4v) is 4.13. The SMILES string of the molecule is CC1(CCl)CC(S(=O)(=O)Cc2ccccc2OCC2OCCO2)=NO1. The average Bonchev–Trinajstić information content (AvgIpc) is 3.24. The van der Waals surface area contributed by atoms with Crippen LogP contribution in [0.4, 0.5) is 0 Å². The molecule has 7 nitrogen and oxygen atoms in total. The van der Waals surface area contributed by atoms with Gasteiger partial charge in [-0.2, -0.15) is 0 Å². The van der Waals surface area contributed by atoms with Crippen LogP contribution in [0.15, 0.2) is 29.4 Å². The highest BCUT2D eigenvalue weighted by atomic mass is 35.5. The molecule has 25 heavy (non-hydrogen) atoms. The van der Waals surface area contributed by atoms with Crippen LogP contribution in [0.5, 0.6) is 5.75 Å². The van der Waals surface area contributed by atoms with E-state index in [1.54, 1.807) is 31.2 Å². The quantitative estimate of drug-likeness (QED) is 0.693. The zero-order valence-corrected chi connectivity index (χ0v) is 15.4. The van der Waals surface area contributed by atoms with Crippen LogP contribution in [0.1, 0.15) is 18.9 Å². The summed E-state index contributed by atoms with van der Waals surface area (Å²) < 4.78 is 41.6. The van der Waals surface area contributed by atoms with Crippen molar-refractivity contribution in [2.24, 2.45) is 5.16 Å². The minimum absolute atomic E-state index is 0.00733. The third-order valence-electron chi connectivity index (χ3n) is 3.92. The number of nitrogens with zero attached hydrogens (tertiary/aromatic N) is 1. The van der Waals surface area contributed by atoms with Gasteiger partial charge in [-0.25, -0.2) is 8.42 Å². The van der Waals surface area contributed by atoms with Crippen molar-refractivity contribution in [2.45, 2.75) is 31.0 Å². The number of hydrogen-bond acceptors (Lipinski definition) is 7. The molecule has 9 heteroatoms. The number of alkyl halides is 1. The van der Waals surface area contributed by atoms with Crippen LogP contribution < -0.4 is 4.74 Å². The van der Waals surface area contributed by atoms with E-state index in [1.165, 1.54) is 0 Å². The molecule has 138 valence electrons. The Hall–Kier alpha value is -1.35. The van der Waals surface area contributed by atoms with Crippen LogP contribution in [0, 0.1) is 0 Å². The van der Waals surface area contributed by atoms with Gasteiger partial charge in [-0.1, -0.05) is 23.4 Å². The van der Waals surface area contributed by atoms with Crippen molar-refractivity contribution in [1.29, 1.82) is 0 Å². The van der Waals surface area contributed by atoms with E-state index in [1.807, 2.05) is 0 Å². The van der Waals surface area contributed by atoms with Crippen LogP contribution in [0.25, 0.3) is 0 Å². The first-order chi connectivity index (χ1) is 11.9. The number of ether oxygens (including phenoxy) is 3. The van der Waals surface area contributed by atoms with Gasteiger partial charge in [-0.3, -0.25) is 0 Å². The fraction of sp³-hybridized carbons (Fsp3) is 0.562. The molecule has 2 aliphatic heterocycles. The van der Waals surface area contributed by atoms with Gasteiger partial charge in [-0.05, 0) is 13.0 Å². The summed E-state index contributed by atoms with van der Waals surface area (Å²) in [5.74, 6) is 0.414. The second-order valence-electron chi connectivity index (χ2n) is 6.19. The van der Waals surface area contributed by atoms with Gasteiger partial charge in [-0.15, -0.1) is 11.6 Å². The van der Waals surface area contributed by atoms with E-state index in [2.05, 4.69) is 5.16 Å². The molecule has 0 bridgehead atoms. The Morgan fingerprint density at radius 3 is 2.72 bits per heavy atom. The van der Waals surface area contributed by atoms with E-state index in [0.717, 1.165) is 0 Å². The topological polar surface area (TPSA) is 83.4 Å². The van der Waals surface area contributed by atoms with Crippen LogP contribution in [0.2, 0.25) is 0 Å². The van der Waals surface area contributed by atoms with E-state index in [4.69, 9.17) is 30.6 Å². The minimum Gasteiger partial charge on any atom is -0.488 e. The molecule has 0 radical (unpaired) electrons. The van der Waals surface area contributed by atoms with Crippen LogP contribution in [0.3, 0.4) is 0 Å². The van der Waals surface area contributed by atoms with Gasteiger partial charge in [0.1, 0.15) is 12.4 Å². The second kappa shape index (κ2) is 7.49. The van der Waals surface area contributed by atoms with Crippen molar-refractivity contribution >= 4 is 26.5 Å². The van der Waals surface area contributed by atoms with E-state index in [-0.39, 0.29) is 29.7 Å². The summed E-state index contributed by atoms with van der Waals surface area (Å²) in [6, 6.07) is 6.97. The molecule has 2 heterocycles. The molecule has 0 saturated carbocycles.